The van der Waals surface area contributed by atoms with E-state index in [4.69, 9.17) is 0 Å². The minimum atomic E-state index is -4.01. The van der Waals surface area contributed by atoms with Gasteiger partial charge in [-0.1, -0.05) is 0 Å². The molecule has 0 atom stereocenters. The van der Waals surface area contributed by atoms with Crippen LogP contribution in [-0.2, 0) is 0 Å². The van der Waals surface area contributed by atoms with Gasteiger partial charge < -0.3 is 10.2 Å². The molecule has 2 rings (SSSR count). The number of alkyl halides is 3. The Morgan fingerprint density at radius 3 is 2.06 bits per heavy atom. The first-order chi connectivity index (χ1) is 7.53. The van der Waals surface area contributed by atoms with Crippen LogP contribution in [-0.4, -0.2) is 42.8 Å². The summed E-state index contributed by atoms with van der Waals surface area (Å²) in [6.45, 7) is 1.78. The second-order valence-electron chi connectivity index (χ2n) is 4.92. The van der Waals surface area contributed by atoms with Gasteiger partial charge in [-0.3, -0.25) is 0 Å². The minimum absolute atomic E-state index is 0.166. The molecule has 2 nitrogen and oxygen atoms in total. The Hall–Kier alpha value is -0.290. The van der Waals surface area contributed by atoms with Gasteiger partial charge in [0.1, 0.15) is 0 Å². The van der Waals surface area contributed by atoms with Crippen LogP contribution < -0.4 is 5.32 Å². The van der Waals surface area contributed by atoms with Gasteiger partial charge in [-0.15, -0.1) is 0 Å². The molecule has 0 spiro atoms. The first-order valence-corrected chi connectivity index (χ1v) is 6.08. The molecule has 1 heterocycles. The van der Waals surface area contributed by atoms with Crippen LogP contribution in [0, 0.1) is 0 Å². The van der Waals surface area contributed by atoms with Crippen LogP contribution in [0.15, 0.2) is 0 Å². The van der Waals surface area contributed by atoms with Crippen LogP contribution in [0.3, 0.4) is 0 Å². The Balaban J connectivity index is 1.60. The number of hydrogen-bond acceptors (Lipinski definition) is 2. The summed E-state index contributed by atoms with van der Waals surface area (Å²) < 4.78 is 36.1. The number of nitrogens with one attached hydrogen (secondary N) is 1. The largest absolute Gasteiger partial charge is 0.390 e. The quantitative estimate of drug-likeness (QED) is 0.804. The van der Waals surface area contributed by atoms with Crippen molar-refractivity contribution in [1.29, 1.82) is 0 Å². The molecule has 1 aliphatic carbocycles. The number of hydrogen-bond donors (Lipinski definition) is 1. The Kier molecular flexibility index (Phi) is 3.74. The van der Waals surface area contributed by atoms with Gasteiger partial charge in [0.2, 0.25) is 0 Å². The maximum absolute atomic E-state index is 12.0. The topological polar surface area (TPSA) is 15.3 Å². The Labute approximate surface area is 94.2 Å². The Morgan fingerprint density at radius 2 is 1.56 bits per heavy atom. The molecule has 2 aliphatic rings. The zero-order valence-electron chi connectivity index (χ0n) is 9.39. The summed E-state index contributed by atoms with van der Waals surface area (Å²) in [5.41, 5.74) is 0. The molecule has 0 aromatic carbocycles. The molecule has 94 valence electrons. The third kappa shape index (κ3) is 4.29. The average Bonchev–Trinajstić information content (AvgIpc) is 3.00. The summed E-state index contributed by atoms with van der Waals surface area (Å²) in [6, 6.07) is 1.24. The van der Waals surface area contributed by atoms with Gasteiger partial charge in [-0.25, -0.2) is 0 Å². The predicted molar refractivity (Wildman–Crippen MR) is 56.3 cm³/mol. The fraction of sp³-hybridized carbons (Fsp3) is 1.00. The Bertz CT molecular complexity index is 218. The van der Waals surface area contributed by atoms with Crippen molar-refractivity contribution in [3.8, 4) is 0 Å². The summed E-state index contributed by atoms with van der Waals surface area (Å²) in [4.78, 5) is 1.93. The first kappa shape index (κ1) is 12.2. The third-order valence-electron chi connectivity index (χ3n) is 3.35. The molecule has 1 saturated heterocycles. The molecule has 0 unspecified atom stereocenters. The van der Waals surface area contributed by atoms with Gasteiger partial charge in [0.15, 0.2) is 0 Å². The van der Waals surface area contributed by atoms with E-state index in [1.54, 1.807) is 0 Å². The second kappa shape index (κ2) is 4.92. The highest BCUT2D eigenvalue weighted by Crippen LogP contribution is 2.23. The van der Waals surface area contributed by atoms with Gasteiger partial charge in [0.05, 0.1) is 6.42 Å². The summed E-state index contributed by atoms with van der Waals surface area (Å²) in [7, 11) is 0. The van der Waals surface area contributed by atoms with Gasteiger partial charge in [-0.2, -0.15) is 13.2 Å². The molecule has 1 aliphatic heterocycles. The lowest BCUT2D eigenvalue weighted by atomic mass is 10.0. The van der Waals surface area contributed by atoms with E-state index in [-0.39, 0.29) is 6.54 Å². The molecule has 0 bridgehead atoms. The smallest absolute Gasteiger partial charge is 0.311 e. The third-order valence-corrected chi connectivity index (χ3v) is 3.35. The molecule has 0 radical (unpaired) electrons. The molecule has 0 aromatic heterocycles. The second-order valence-corrected chi connectivity index (χ2v) is 4.92. The highest BCUT2D eigenvalue weighted by Gasteiger charge is 2.30. The number of piperidine rings is 1. The van der Waals surface area contributed by atoms with E-state index in [0.717, 1.165) is 25.9 Å². The minimum Gasteiger partial charge on any atom is -0.311 e. The molecule has 1 saturated carbocycles. The average molecular weight is 236 g/mol. The van der Waals surface area contributed by atoms with Gasteiger partial charge >= 0.3 is 6.18 Å². The summed E-state index contributed by atoms with van der Waals surface area (Å²) >= 11 is 0. The van der Waals surface area contributed by atoms with E-state index in [2.05, 4.69) is 5.32 Å². The molecule has 0 amide bonds. The number of halogens is 3. The standard InChI is InChI=1S/C11H19F3N2/c12-11(13,14)5-8-16-6-3-10(4-7-16)15-9-1-2-9/h9-10,15H,1-8H2. The molecule has 16 heavy (non-hydrogen) atoms. The number of rotatable bonds is 4. The fourth-order valence-corrected chi connectivity index (χ4v) is 2.19. The monoisotopic (exact) mass is 236 g/mol. The summed E-state index contributed by atoms with van der Waals surface area (Å²) in [5, 5.41) is 3.54. The maximum Gasteiger partial charge on any atom is 0.390 e. The van der Waals surface area contributed by atoms with Gasteiger partial charge in [0, 0.05) is 18.6 Å². The van der Waals surface area contributed by atoms with E-state index in [1.807, 2.05) is 4.90 Å². The van der Waals surface area contributed by atoms with Crippen molar-refractivity contribution in [2.24, 2.45) is 0 Å². The molecule has 2 fully saturated rings. The lowest BCUT2D eigenvalue weighted by Crippen LogP contribution is -2.44. The van der Waals surface area contributed by atoms with Crippen molar-refractivity contribution in [2.75, 3.05) is 19.6 Å². The molecular formula is C11H19F3N2. The first-order valence-electron chi connectivity index (χ1n) is 6.08. The lowest BCUT2D eigenvalue weighted by molar-refractivity contribution is -0.138. The Morgan fingerprint density at radius 1 is 1.00 bits per heavy atom. The van der Waals surface area contributed by atoms with E-state index in [9.17, 15) is 13.2 Å². The summed E-state index contributed by atoms with van der Waals surface area (Å²) in [5.74, 6) is 0. The number of nitrogens with zero attached hydrogens (tertiary/aromatic N) is 1. The van der Waals surface area contributed by atoms with E-state index in [0.29, 0.717) is 12.1 Å². The zero-order valence-corrected chi connectivity index (χ0v) is 9.39. The lowest BCUT2D eigenvalue weighted by Gasteiger charge is -2.32. The van der Waals surface area contributed by atoms with Crippen molar-refractivity contribution >= 4 is 0 Å². The molecule has 1 N–H and O–H groups in total. The van der Waals surface area contributed by atoms with Crippen LogP contribution in [0.4, 0.5) is 13.2 Å². The van der Waals surface area contributed by atoms with Crippen molar-refractivity contribution < 1.29 is 13.2 Å². The van der Waals surface area contributed by atoms with E-state index in [1.165, 1.54) is 12.8 Å². The SMILES string of the molecule is FC(F)(F)CCN1CCC(NC2CC2)CC1. The predicted octanol–water partition coefficient (Wildman–Crippen LogP) is 2.16. The molecule has 0 aromatic rings. The highest BCUT2D eigenvalue weighted by atomic mass is 19.4. The fourth-order valence-electron chi connectivity index (χ4n) is 2.19. The van der Waals surface area contributed by atoms with Crippen LogP contribution in [0.2, 0.25) is 0 Å². The zero-order chi connectivity index (χ0) is 11.6. The van der Waals surface area contributed by atoms with Crippen LogP contribution in [0.25, 0.3) is 0 Å². The van der Waals surface area contributed by atoms with E-state index >= 15 is 0 Å². The van der Waals surface area contributed by atoms with Crippen molar-refractivity contribution in [3.63, 3.8) is 0 Å². The normalized spacial score (nSPS) is 24.9. The van der Waals surface area contributed by atoms with Crippen molar-refractivity contribution in [2.45, 2.75) is 50.4 Å². The number of likely N-dealkylation sites (tertiary alicyclic amines) is 1. The molecular weight excluding hydrogens is 217 g/mol. The molecule has 5 heteroatoms. The van der Waals surface area contributed by atoms with Crippen LogP contribution >= 0.6 is 0 Å². The van der Waals surface area contributed by atoms with Crippen molar-refractivity contribution in [1.82, 2.24) is 10.2 Å². The maximum atomic E-state index is 12.0. The van der Waals surface area contributed by atoms with Crippen LogP contribution in [0.5, 0.6) is 0 Å². The highest BCUT2D eigenvalue weighted by molar-refractivity contribution is 4.87. The van der Waals surface area contributed by atoms with Crippen molar-refractivity contribution in [3.05, 3.63) is 0 Å². The van der Waals surface area contributed by atoms with Gasteiger partial charge in [0.25, 0.3) is 0 Å². The van der Waals surface area contributed by atoms with Gasteiger partial charge in [-0.05, 0) is 38.8 Å². The summed E-state index contributed by atoms with van der Waals surface area (Å²) in [6.07, 6.45) is -0.151. The van der Waals surface area contributed by atoms with Crippen LogP contribution in [0.1, 0.15) is 32.1 Å². The van der Waals surface area contributed by atoms with E-state index < -0.39 is 12.6 Å².